The minimum Gasteiger partial charge on any atom is -0.298 e. The Morgan fingerprint density at radius 1 is 1.19 bits per heavy atom. The van der Waals surface area contributed by atoms with Crippen molar-refractivity contribution in [3.8, 4) is 0 Å². The number of ketones is 1. The van der Waals surface area contributed by atoms with Gasteiger partial charge in [-0.25, -0.2) is 0 Å². The number of thioether (sulfide) groups is 1. The first-order valence-corrected chi connectivity index (χ1v) is 8.45. The van der Waals surface area contributed by atoms with E-state index in [0.29, 0.717) is 18.2 Å². The Hall–Kier alpha value is -1.55. The normalized spacial score (nSPS) is 11.0. The van der Waals surface area contributed by atoms with Gasteiger partial charge >= 0.3 is 0 Å². The maximum absolute atomic E-state index is 12.0. The van der Waals surface area contributed by atoms with Gasteiger partial charge in [-0.3, -0.25) is 9.48 Å². The molecule has 0 radical (unpaired) electrons. The van der Waals surface area contributed by atoms with Crippen LogP contribution in [-0.4, -0.2) is 21.3 Å². The first-order chi connectivity index (χ1) is 10.2. The number of hydrogen-bond acceptors (Lipinski definition) is 3. The van der Waals surface area contributed by atoms with E-state index in [4.69, 9.17) is 0 Å². The largest absolute Gasteiger partial charge is 0.298 e. The summed E-state index contributed by atoms with van der Waals surface area (Å²) in [5, 5.41) is 4.53. The topological polar surface area (TPSA) is 34.9 Å². The van der Waals surface area contributed by atoms with Crippen molar-refractivity contribution in [3.05, 3.63) is 48.3 Å². The molecule has 1 aromatic heterocycles. The SMILES string of the molecule is CCC(CC)n1ccc(CC(=O)CSc2ccccc2)n1. The van der Waals surface area contributed by atoms with Crippen LogP contribution in [0.1, 0.15) is 38.4 Å². The highest BCUT2D eigenvalue weighted by Gasteiger charge is 2.11. The summed E-state index contributed by atoms with van der Waals surface area (Å²) in [6, 6.07) is 12.4. The van der Waals surface area contributed by atoms with Crippen LogP contribution in [0.4, 0.5) is 0 Å². The molecule has 0 N–H and O–H groups in total. The number of rotatable bonds is 8. The highest BCUT2D eigenvalue weighted by Crippen LogP contribution is 2.18. The molecule has 4 heteroatoms. The minimum atomic E-state index is 0.221. The number of benzene rings is 1. The minimum absolute atomic E-state index is 0.221. The number of aromatic nitrogens is 2. The fourth-order valence-corrected chi connectivity index (χ4v) is 3.05. The quantitative estimate of drug-likeness (QED) is 0.687. The van der Waals surface area contributed by atoms with Crippen LogP contribution in [0.5, 0.6) is 0 Å². The first kappa shape index (κ1) is 15.8. The molecule has 2 rings (SSSR count). The highest BCUT2D eigenvalue weighted by atomic mass is 32.2. The summed E-state index contributed by atoms with van der Waals surface area (Å²) in [5.41, 5.74) is 0.876. The number of hydrogen-bond donors (Lipinski definition) is 0. The second-order valence-corrected chi connectivity index (χ2v) is 6.12. The van der Waals surface area contributed by atoms with Gasteiger partial charge in [-0.1, -0.05) is 32.0 Å². The van der Waals surface area contributed by atoms with E-state index in [-0.39, 0.29) is 5.78 Å². The van der Waals surface area contributed by atoms with Crippen molar-refractivity contribution >= 4 is 17.5 Å². The zero-order chi connectivity index (χ0) is 15.1. The predicted molar refractivity (Wildman–Crippen MR) is 87.7 cm³/mol. The van der Waals surface area contributed by atoms with Gasteiger partial charge in [0.1, 0.15) is 5.78 Å². The molecule has 0 spiro atoms. The zero-order valence-corrected chi connectivity index (χ0v) is 13.5. The number of Topliss-reactive ketones (excluding diaryl/α,β-unsaturated/α-hetero) is 1. The lowest BCUT2D eigenvalue weighted by molar-refractivity contribution is -0.116. The first-order valence-electron chi connectivity index (χ1n) is 7.46. The molecule has 112 valence electrons. The summed E-state index contributed by atoms with van der Waals surface area (Å²) in [7, 11) is 0. The molecule has 0 aliphatic rings. The van der Waals surface area contributed by atoms with Crippen LogP contribution < -0.4 is 0 Å². The van der Waals surface area contributed by atoms with E-state index in [1.165, 1.54) is 0 Å². The summed E-state index contributed by atoms with van der Waals surface area (Å²) >= 11 is 1.59. The van der Waals surface area contributed by atoms with E-state index in [2.05, 4.69) is 18.9 Å². The van der Waals surface area contributed by atoms with Crippen LogP contribution in [0.25, 0.3) is 0 Å². The third-order valence-corrected chi connectivity index (χ3v) is 4.57. The molecule has 0 unspecified atom stereocenters. The Bertz CT molecular complexity index is 561. The molecule has 0 saturated carbocycles. The van der Waals surface area contributed by atoms with Gasteiger partial charge in [0.05, 0.1) is 23.9 Å². The Kier molecular flexibility index (Phi) is 6.05. The average Bonchev–Trinajstić information content (AvgIpc) is 2.96. The average molecular weight is 302 g/mol. The Labute approximate surface area is 130 Å². The number of carbonyl (C=O) groups excluding carboxylic acids is 1. The van der Waals surface area contributed by atoms with Crippen LogP contribution in [-0.2, 0) is 11.2 Å². The van der Waals surface area contributed by atoms with Crippen molar-refractivity contribution in [2.75, 3.05) is 5.75 Å². The van der Waals surface area contributed by atoms with Gasteiger partial charge in [0.15, 0.2) is 0 Å². The molecular weight excluding hydrogens is 280 g/mol. The zero-order valence-electron chi connectivity index (χ0n) is 12.7. The third-order valence-electron chi connectivity index (χ3n) is 3.50. The van der Waals surface area contributed by atoms with Crippen LogP contribution in [0.3, 0.4) is 0 Å². The molecule has 0 aliphatic heterocycles. The smallest absolute Gasteiger partial charge is 0.149 e. The van der Waals surface area contributed by atoms with E-state index in [1.54, 1.807) is 11.8 Å². The summed E-state index contributed by atoms with van der Waals surface area (Å²) in [4.78, 5) is 13.2. The molecule has 0 bridgehead atoms. The fourth-order valence-electron chi connectivity index (χ4n) is 2.27. The molecule has 0 fully saturated rings. The summed E-state index contributed by atoms with van der Waals surface area (Å²) < 4.78 is 1.99. The van der Waals surface area contributed by atoms with Crippen molar-refractivity contribution in [1.29, 1.82) is 0 Å². The molecule has 3 nitrogen and oxygen atoms in total. The number of nitrogens with zero attached hydrogens (tertiary/aromatic N) is 2. The summed E-state index contributed by atoms with van der Waals surface area (Å²) in [6.07, 6.45) is 4.54. The van der Waals surface area contributed by atoms with Crippen molar-refractivity contribution < 1.29 is 4.79 Å². The van der Waals surface area contributed by atoms with Gasteiger partial charge in [0.25, 0.3) is 0 Å². The third kappa shape index (κ3) is 4.74. The van der Waals surface area contributed by atoms with Crippen LogP contribution in [0.2, 0.25) is 0 Å². The van der Waals surface area contributed by atoms with Crippen molar-refractivity contribution in [1.82, 2.24) is 9.78 Å². The maximum atomic E-state index is 12.0. The molecule has 2 aromatic rings. The molecule has 0 atom stereocenters. The van der Waals surface area contributed by atoms with Crippen LogP contribution >= 0.6 is 11.8 Å². The molecule has 1 aromatic carbocycles. The Morgan fingerprint density at radius 3 is 2.57 bits per heavy atom. The molecular formula is C17H22N2OS. The predicted octanol–water partition coefficient (Wildman–Crippen LogP) is 4.15. The second kappa shape index (κ2) is 8.03. The second-order valence-electron chi connectivity index (χ2n) is 5.07. The van der Waals surface area contributed by atoms with Gasteiger partial charge in [-0.2, -0.15) is 5.10 Å². The molecule has 0 saturated heterocycles. The number of carbonyl (C=O) groups is 1. The lowest BCUT2D eigenvalue weighted by Gasteiger charge is -2.12. The van der Waals surface area contributed by atoms with Gasteiger partial charge in [0, 0.05) is 11.1 Å². The molecule has 1 heterocycles. The highest BCUT2D eigenvalue weighted by molar-refractivity contribution is 8.00. The van der Waals surface area contributed by atoms with Gasteiger partial charge < -0.3 is 0 Å². The Balaban J connectivity index is 1.85. The summed E-state index contributed by atoms with van der Waals surface area (Å²) in [5.74, 6) is 0.723. The van der Waals surface area contributed by atoms with E-state index in [1.807, 2.05) is 47.3 Å². The van der Waals surface area contributed by atoms with Crippen LogP contribution in [0.15, 0.2) is 47.5 Å². The molecule has 0 amide bonds. The van der Waals surface area contributed by atoms with Gasteiger partial charge in [0.2, 0.25) is 0 Å². The van der Waals surface area contributed by atoms with E-state index >= 15 is 0 Å². The van der Waals surface area contributed by atoms with Crippen molar-refractivity contribution in [2.24, 2.45) is 0 Å². The molecule has 0 aliphatic carbocycles. The standard InChI is InChI=1S/C17H22N2OS/c1-3-15(4-2)19-11-10-14(18-19)12-16(20)13-21-17-8-6-5-7-9-17/h5-11,15H,3-4,12-13H2,1-2H3. The van der Waals surface area contributed by atoms with Crippen molar-refractivity contribution in [3.63, 3.8) is 0 Å². The monoisotopic (exact) mass is 302 g/mol. The molecule has 21 heavy (non-hydrogen) atoms. The fraction of sp³-hybridized carbons (Fsp3) is 0.412. The van der Waals surface area contributed by atoms with Gasteiger partial charge in [-0.15, -0.1) is 11.8 Å². The Morgan fingerprint density at radius 2 is 1.90 bits per heavy atom. The van der Waals surface area contributed by atoms with Crippen molar-refractivity contribution in [2.45, 2.75) is 44.0 Å². The van der Waals surface area contributed by atoms with E-state index in [0.717, 1.165) is 23.4 Å². The van der Waals surface area contributed by atoms with E-state index in [9.17, 15) is 4.79 Å². The van der Waals surface area contributed by atoms with Crippen LogP contribution in [0, 0.1) is 0 Å². The maximum Gasteiger partial charge on any atom is 0.149 e. The summed E-state index contributed by atoms with van der Waals surface area (Å²) in [6.45, 7) is 4.33. The van der Waals surface area contributed by atoms with Gasteiger partial charge in [-0.05, 0) is 31.0 Å². The van der Waals surface area contributed by atoms with E-state index < -0.39 is 0 Å². The lowest BCUT2D eigenvalue weighted by atomic mass is 10.2. The lowest BCUT2D eigenvalue weighted by Crippen LogP contribution is -2.10.